The average Bonchev–Trinajstić information content (AvgIpc) is 2.74. The van der Waals surface area contributed by atoms with Gasteiger partial charge in [0.15, 0.2) is 0 Å². The van der Waals surface area contributed by atoms with E-state index in [0.29, 0.717) is 0 Å². The van der Waals surface area contributed by atoms with E-state index < -0.39 is 0 Å². The topological polar surface area (TPSA) is 24.7 Å². The molecule has 0 saturated heterocycles. The summed E-state index contributed by atoms with van der Waals surface area (Å²) < 4.78 is 0. The van der Waals surface area contributed by atoms with Crippen LogP contribution in [-0.4, -0.2) is 12.4 Å². The molecule has 0 radical (unpaired) electrons. The summed E-state index contributed by atoms with van der Waals surface area (Å²) >= 11 is 0. The third-order valence-corrected chi connectivity index (χ3v) is 3.07. The van der Waals surface area contributed by atoms with E-state index in [2.05, 4.69) is 9.98 Å². The predicted octanol–water partition coefficient (Wildman–Crippen LogP) is 7.71. The van der Waals surface area contributed by atoms with Gasteiger partial charge < -0.3 is 0 Å². The van der Waals surface area contributed by atoms with E-state index in [0.717, 1.165) is 22.5 Å². The first-order chi connectivity index (χ1) is 12.8. The maximum absolute atomic E-state index is 4.46. The number of aliphatic imine (C=N–C) groups is 2. The van der Waals surface area contributed by atoms with Crippen LogP contribution in [0.4, 0.5) is 11.4 Å². The van der Waals surface area contributed by atoms with E-state index >= 15 is 0 Å². The predicted molar refractivity (Wildman–Crippen MR) is 120 cm³/mol. The summed E-state index contributed by atoms with van der Waals surface area (Å²) in [7, 11) is 0. The molecule has 138 valence electrons. The van der Waals surface area contributed by atoms with E-state index in [-0.39, 0.29) is 0 Å². The van der Waals surface area contributed by atoms with Crippen molar-refractivity contribution in [3.05, 3.63) is 84.0 Å². The number of rotatable bonds is 5. The van der Waals surface area contributed by atoms with Crippen LogP contribution < -0.4 is 0 Å². The Bertz CT molecular complexity index is 691. The zero-order valence-corrected chi connectivity index (χ0v) is 17.0. The van der Waals surface area contributed by atoms with Crippen molar-refractivity contribution in [3.63, 3.8) is 0 Å². The summed E-state index contributed by atoms with van der Waals surface area (Å²) in [5, 5.41) is 0. The fraction of sp³-hybridized carbons (Fsp3) is 0.250. The molecule has 0 aromatic heterocycles. The average molecular weight is 349 g/mol. The van der Waals surface area contributed by atoms with E-state index in [1.807, 2.05) is 127 Å². The van der Waals surface area contributed by atoms with Crippen molar-refractivity contribution < 1.29 is 0 Å². The highest BCUT2D eigenvalue weighted by Gasteiger charge is 1.91. The third-order valence-electron chi connectivity index (χ3n) is 3.07. The Labute approximate surface area is 159 Å². The minimum atomic E-state index is 0.919. The van der Waals surface area contributed by atoms with Gasteiger partial charge >= 0.3 is 0 Å². The molecule has 2 rings (SSSR count). The van der Waals surface area contributed by atoms with Gasteiger partial charge in [-0.3, -0.25) is 9.98 Å². The standard InChI is InChI=1S/C20H20N2.2C2H6/c1-3-8-17(4-2)15-21-19-11-13-20(14-12-19)22-16-18-9-6-5-7-10-18;2*1-2/h3-16H,1-2H3;2*1-2H3/b8-3-,17-4+,21-15?,22-16?;;. The number of hydrogen-bond donors (Lipinski definition) is 0. The van der Waals surface area contributed by atoms with Crippen molar-refractivity contribution in [3.8, 4) is 0 Å². The summed E-state index contributed by atoms with van der Waals surface area (Å²) in [6.45, 7) is 12.0. The normalized spacial score (nSPS) is 11.2. The zero-order valence-electron chi connectivity index (χ0n) is 17.0. The number of benzene rings is 2. The van der Waals surface area contributed by atoms with Crippen LogP contribution in [0.2, 0.25) is 0 Å². The van der Waals surface area contributed by atoms with Crippen molar-refractivity contribution in [1.82, 2.24) is 0 Å². The Balaban J connectivity index is 0.00000146. The minimum absolute atomic E-state index is 0.919. The molecule has 26 heavy (non-hydrogen) atoms. The highest BCUT2D eigenvalue weighted by Crippen LogP contribution is 2.18. The van der Waals surface area contributed by atoms with Gasteiger partial charge in [-0.25, -0.2) is 0 Å². The highest BCUT2D eigenvalue weighted by molar-refractivity contribution is 5.84. The van der Waals surface area contributed by atoms with Gasteiger partial charge in [0.2, 0.25) is 0 Å². The van der Waals surface area contributed by atoms with Gasteiger partial charge in [-0.05, 0) is 49.2 Å². The van der Waals surface area contributed by atoms with E-state index in [1.54, 1.807) is 0 Å². The molecule has 0 aliphatic carbocycles. The summed E-state index contributed by atoms with van der Waals surface area (Å²) in [6.07, 6.45) is 9.79. The molecule has 0 heterocycles. The molecule has 0 spiro atoms. The van der Waals surface area contributed by atoms with Crippen LogP contribution in [0.3, 0.4) is 0 Å². The summed E-state index contributed by atoms with van der Waals surface area (Å²) in [4.78, 5) is 8.92. The molecule has 0 aliphatic rings. The molecule has 0 amide bonds. The molecule has 2 heteroatoms. The van der Waals surface area contributed by atoms with Gasteiger partial charge in [0.25, 0.3) is 0 Å². The van der Waals surface area contributed by atoms with Crippen LogP contribution in [0.1, 0.15) is 47.1 Å². The molecule has 0 atom stereocenters. The van der Waals surface area contributed by atoms with E-state index in [9.17, 15) is 0 Å². The van der Waals surface area contributed by atoms with Crippen molar-refractivity contribution in [2.24, 2.45) is 9.98 Å². The van der Waals surface area contributed by atoms with Gasteiger partial charge in [-0.15, -0.1) is 0 Å². The lowest BCUT2D eigenvalue weighted by molar-refractivity contribution is 1.48. The smallest absolute Gasteiger partial charge is 0.0631 e. The fourth-order valence-electron chi connectivity index (χ4n) is 1.87. The Kier molecular flexibility index (Phi) is 14.1. The van der Waals surface area contributed by atoms with Crippen molar-refractivity contribution >= 4 is 23.8 Å². The van der Waals surface area contributed by atoms with Crippen LogP contribution in [0.15, 0.2) is 88.4 Å². The molecule has 0 aliphatic heterocycles. The molecule has 0 N–H and O–H groups in total. The zero-order chi connectivity index (χ0) is 19.6. The van der Waals surface area contributed by atoms with Crippen molar-refractivity contribution in [1.29, 1.82) is 0 Å². The van der Waals surface area contributed by atoms with Crippen LogP contribution >= 0.6 is 0 Å². The number of allylic oxidation sites excluding steroid dienone is 4. The maximum Gasteiger partial charge on any atom is 0.0631 e. The van der Waals surface area contributed by atoms with Gasteiger partial charge in [0.1, 0.15) is 0 Å². The minimum Gasteiger partial charge on any atom is -0.256 e. The molecule has 2 aromatic rings. The Morgan fingerprint density at radius 3 is 1.77 bits per heavy atom. The molecular weight excluding hydrogens is 316 g/mol. The lowest BCUT2D eigenvalue weighted by Crippen LogP contribution is -1.79. The van der Waals surface area contributed by atoms with Gasteiger partial charge in [-0.1, -0.05) is 76.3 Å². The molecule has 2 aromatic carbocycles. The lowest BCUT2D eigenvalue weighted by Gasteiger charge is -1.97. The Hall–Kier alpha value is -2.74. The summed E-state index contributed by atoms with van der Waals surface area (Å²) in [5.41, 5.74) is 4.02. The highest BCUT2D eigenvalue weighted by atomic mass is 14.7. The molecule has 0 bridgehead atoms. The van der Waals surface area contributed by atoms with Crippen LogP contribution in [-0.2, 0) is 0 Å². The van der Waals surface area contributed by atoms with E-state index in [4.69, 9.17) is 0 Å². The molecular formula is C24H32N2. The van der Waals surface area contributed by atoms with Crippen molar-refractivity contribution in [2.45, 2.75) is 41.5 Å². The first-order valence-corrected chi connectivity index (χ1v) is 9.34. The van der Waals surface area contributed by atoms with Gasteiger partial charge in [0.05, 0.1) is 11.4 Å². The van der Waals surface area contributed by atoms with E-state index in [1.165, 1.54) is 0 Å². The second kappa shape index (κ2) is 15.8. The third kappa shape index (κ3) is 9.53. The maximum atomic E-state index is 4.46. The van der Waals surface area contributed by atoms with Crippen LogP contribution in [0, 0.1) is 0 Å². The summed E-state index contributed by atoms with van der Waals surface area (Å²) in [5.74, 6) is 0. The molecule has 0 fully saturated rings. The second-order valence-electron chi connectivity index (χ2n) is 4.73. The fourth-order valence-corrected chi connectivity index (χ4v) is 1.87. The molecule has 2 nitrogen and oxygen atoms in total. The van der Waals surface area contributed by atoms with Gasteiger partial charge in [-0.2, -0.15) is 0 Å². The Morgan fingerprint density at radius 1 is 0.731 bits per heavy atom. The SMILES string of the molecule is C/C=C\C(C=Nc1ccc(N=Cc2ccccc2)cc1)=C/C.CC.CC. The lowest BCUT2D eigenvalue weighted by atomic mass is 10.2. The van der Waals surface area contributed by atoms with Gasteiger partial charge in [0, 0.05) is 12.4 Å². The molecule has 0 unspecified atom stereocenters. The number of hydrogen-bond acceptors (Lipinski definition) is 2. The molecule has 0 saturated carbocycles. The Morgan fingerprint density at radius 2 is 1.27 bits per heavy atom. The number of nitrogens with zero attached hydrogens (tertiary/aromatic N) is 2. The monoisotopic (exact) mass is 348 g/mol. The first kappa shape index (κ1) is 23.3. The quantitative estimate of drug-likeness (QED) is 0.390. The van der Waals surface area contributed by atoms with Crippen molar-refractivity contribution in [2.75, 3.05) is 0 Å². The second-order valence-corrected chi connectivity index (χ2v) is 4.73. The van der Waals surface area contributed by atoms with Crippen LogP contribution in [0.25, 0.3) is 0 Å². The first-order valence-electron chi connectivity index (χ1n) is 9.34. The summed E-state index contributed by atoms with van der Waals surface area (Å²) in [6, 6.07) is 17.9. The largest absolute Gasteiger partial charge is 0.256 e. The van der Waals surface area contributed by atoms with Crippen LogP contribution in [0.5, 0.6) is 0 Å².